The average molecular weight is 316 g/mol. The van der Waals surface area contributed by atoms with Gasteiger partial charge in [-0.1, -0.05) is 12.1 Å². The quantitative estimate of drug-likeness (QED) is 0.871. The second kappa shape index (κ2) is 4.51. The summed E-state index contributed by atoms with van der Waals surface area (Å²) in [6.07, 6.45) is 2.82. The van der Waals surface area contributed by atoms with Gasteiger partial charge in [-0.15, -0.1) is 0 Å². The fraction of sp³-hybridized carbons (Fsp3) is 0.417. The summed E-state index contributed by atoms with van der Waals surface area (Å²) in [5.41, 5.74) is 1.26. The van der Waals surface area contributed by atoms with Crippen molar-refractivity contribution in [2.75, 3.05) is 0 Å². The second-order valence-electron chi connectivity index (χ2n) is 4.11. The maximum absolute atomic E-state index is 10.8. The molecule has 15 heavy (non-hydrogen) atoms. The molecule has 0 aliphatic heterocycles. The summed E-state index contributed by atoms with van der Waals surface area (Å²) >= 11 is 2.27. The third-order valence-electron chi connectivity index (χ3n) is 3.15. The van der Waals surface area contributed by atoms with Gasteiger partial charge in [-0.05, 0) is 65.5 Å². The first-order valence-corrected chi connectivity index (χ1v) is 6.22. The minimum Gasteiger partial charge on any atom is -0.481 e. The molecule has 3 heteroatoms. The first kappa shape index (κ1) is 10.9. The normalized spacial score (nSPS) is 24.6. The van der Waals surface area contributed by atoms with Gasteiger partial charge in [0.2, 0.25) is 0 Å². The van der Waals surface area contributed by atoms with E-state index in [2.05, 4.69) is 46.9 Å². The molecular weight excluding hydrogens is 303 g/mol. The predicted octanol–water partition coefficient (Wildman–Crippen LogP) is 2.94. The van der Waals surface area contributed by atoms with Crippen LogP contribution in [0.2, 0.25) is 0 Å². The van der Waals surface area contributed by atoms with Crippen LogP contribution >= 0.6 is 22.6 Å². The van der Waals surface area contributed by atoms with Crippen LogP contribution in [0, 0.1) is 15.4 Å². The number of aliphatic carboxylic acids is 1. The number of hydrogen-bond donors (Lipinski definition) is 1. The Morgan fingerprint density at radius 3 is 2.47 bits per heavy atom. The highest BCUT2D eigenvalue weighted by Crippen LogP contribution is 2.36. The zero-order valence-electron chi connectivity index (χ0n) is 8.32. The van der Waals surface area contributed by atoms with Crippen molar-refractivity contribution in [1.29, 1.82) is 0 Å². The number of carbonyl (C=O) groups is 1. The van der Waals surface area contributed by atoms with E-state index in [9.17, 15) is 4.79 Å². The summed E-state index contributed by atoms with van der Waals surface area (Å²) in [5, 5.41) is 8.92. The van der Waals surface area contributed by atoms with E-state index in [0.717, 1.165) is 19.3 Å². The SMILES string of the molecule is O=C(O)C1CCC1Cc1ccc(I)cc1. The summed E-state index contributed by atoms with van der Waals surface area (Å²) < 4.78 is 1.22. The molecule has 80 valence electrons. The van der Waals surface area contributed by atoms with Crippen molar-refractivity contribution in [3.05, 3.63) is 33.4 Å². The lowest BCUT2D eigenvalue weighted by Gasteiger charge is -2.33. The first-order chi connectivity index (χ1) is 7.16. The molecule has 1 fully saturated rings. The van der Waals surface area contributed by atoms with Crippen LogP contribution in [0.5, 0.6) is 0 Å². The summed E-state index contributed by atoms with van der Waals surface area (Å²) in [7, 11) is 0. The highest BCUT2D eigenvalue weighted by Gasteiger charge is 2.36. The molecule has 2 rings (SSSR count). The van der Waals surface area contributed by atoms with E-state index in [1.165, 1.54) is 9.13 Å². The molecular formula is C12H13IO2. The Bertz CT molecular complexity index is 358. The first-order valence-electron chi connectivity index (χ1n) is 5.14. The van der Waals surface area contributed by atoms with Crippen molar-refractivity contribution in [3.63, 3.8) is 0 Å². The van der Waals surface area contributed by atoms with Gasteiger partial charge in [-0.25, -0.2) is 0 Å². The van der Waals surface area contributed by atoms with Crippen LogP contribution in [0.3, 0.4) is 0 Å². The van der Waals surface area contributed by atoms with Gasteiger partial charge < -0.3 is 5.11 Å². The fourth-order valence-electron chi connectivity index (χ4n) is 2.06. The highest BCUT2D eigenvalue weighted by atomic mass is 127. The van der Waals surface area contributed by atoms with Crippen molar-refractivity contribution >= 4 is 28.6 Å². The minimum atomic E-state index is -0.628. The molecule has 1 aromatic carbocycles. The molecule has 2 atom stereocenters. The minimum absolute atomic E-state index is 0.107. The zero-order chi connectivity index (χ0) is 10.8. The Kier molecular flexibility index (Phi) is 3.29. The van der Waals surface area contributed by atoms with Crippen molar-refractivity contribution in [2.24, 2.45) is 11.8 Å². The van der Waals surface area contributed by atoms with Crippen molar-refractivity contribution < 1.29 is 9.90 Å². The highest BCUT2D eigenvalue weighted by molar-refractivity contribution is 14.1. The number of benzene rings is 1. The molecule has 0 aromatic heterocycles. The van der Waals surface area contributed by atoms with Crippen LogP contribution in [0.1, 0.15) is 18.4 Å². The fourth-order valence-corrected chi connectivity index (χ4v) is 2.42. The van der Waals surface area contributed by atoms with Crippen LogP contribution in [0.25, 0.3) is 0 Å². The van der Waals surface area contributed by atoms with Crippen LogP contribution < -0.4 is 0 Å². The average Bonchev–Trinajstić information content (AvgIpc) is 2.14. The molecule has 1 aliphatic carbocycles. The van der Waals surface area contributed by atoms with E-state index in [1.807, 2.05) is 0 Å². The van der Waals surface area contributed by atoms with E-state index in [4.69, 9.17) is 5.11 Å². The van der Waals surface area contributed by atoms with Crippen LogP contribution in [-0.4, -0.2) is 11.1 Å². The lowest BCUT2D eigenvalue weighted by Crippen LogP contribution is -2.34. The van der Waals surface area contributed by atoms with Crippen molar-refractivity contribution in [1.82, 2.24) is 0 Å². The summed E-state index contributed by atoms with van der Waals surface area (Å²) in [4.78, 5) is 10.8. The number of carboxylic acid groups (broad SMARTS) is 1. The van der Waals surface area contributed by atoms with Gasteiger partial charge in [0.15, 0.2) is 0 Å². The van der Waals surface area contributed by atoms with E-state index < -0.39 is 5.97 Å². The smallest absolute Gasteiger partial charge is 0.306 e. The van der Waals surface area contributed by atoms with E-state index >= 15 is 0 Å². The third kappa shape index (κ3) is 2.51. The van der Waals surface area contributed by atoms with E-state index in [1.54, 1.807) is 0 Å². The van der Waals surface area contributed by atoms with Crippen LogP contribution in [-0.2, 0) is 11.2 Å². The van der Waals surface area contributed by atoms with E-state index in [-0.39, 0.29) is 5.92 Å². The van der Waals surface area contributed by atoms with Crippen LogP contribution in [0.15, 0.2) is 24.3 Å². The number of hydrogen-bond acceptors (Lipinski definition) is 1. The summed E-state index contributed by atoms with van der Waals surface area (Å²) in [6, 6.07) is 8.34. The largest absolute Gasteiger partial charge is 0.481 e. The Balaban J connectivity index is 1.97. The van der Waals surface area contributed by atoms with Crippen molar-refractivity contribution in [3.8, 4) is 0 Å². The molecule has 0 amide bonds. The summed E-state index contributed by atoms with van der Waals surface area (Å²) in [5.74, 6) is -0.386. The van der Waals surface area contributed by atoms with Gasteiger partial charge in [0.1, 0.15) is 0 Å². The molecule has 0 bridgehead atoms. The predicted molar refractivity (Wildman–Crippen MR) is 66.7 cm³/mol. The number of halogens is 1. The molecule has 1 aliphatic rings. The molecule has 0 heterocycles. The Labute approximate surface area is 103 Å². The zero-order valence-corrected chi connectivity index (χ0v) is 10.5. The molecule has 2 unspecified atom stereocenters. The Morgan fingerprint density at radius 2 is 2.00 bits per heavy atom. The van der Waals surface area contributed by atoms with Gasteiger partial charge in [0, 0.05) is 3.57 Å². The van der Waals surface area contributed by atoms with Gasteiger partial charge in [0.05, 0.1) is 5.92 Å². The van der Waals surface area contributed by atoms with Crippen LogP contribution in [0.4, 0.5) is 0 Å². The lowest BCUT2D eigenvalue weighted by molar-refractivity contribution is -0.147. The molecule has 1 N–H and O–H groups in total. The van der Waals surface area contributed by atoms with Gasteiger partial charge in [-0.2, -0.15) is 0 Å². The molecule has 1 aromatic rings. The second-order valence-corrected chi connectivity index (χ2v) is 5.36. The number of rotatable bonds is 3. The maximum atomic E-state index is 10.8. The molecule has 0 spiro atoms. The monoisotopic (exact) mass is 316 g/mol. The van der Waals surface area contributed by atoms with Gasteiger partial charge in [0.25, 0.3) is 0 Å². The third-order valence-corrected chi connectivity index (χ3v) is 3.87. The lowest BCUT2D eigenvalue weighted by atomic mass is 9.71. The topological polar surface area (TPSA) is 37.3 Å². The molecule has 2 nitrogen and oxygen atoms in total. The van der Waals surface area contributed by atoms with Crippen molar-refractivity contribution in [2.45, 2.75) is 19.3 Å². The summed E-state index contributed by atoms with van der Waals surface area (Å²) in [6.45, 7) is 0. The van der Waals surface area contributed by atoms with E-state index in [0.29, 0.717) is 5.92 Å². The Hall–Kier alpha value is -0.580. The molecule has 0 radical (unpaired) electrons. The number of carboxylic acids is 1. The van der Waals surface area contributed by atoms with Gasteiger partial charge >= 0.3 is 5.97 Å². The molecule has 1 saturated carbocycles. The Morgan fingerprint density at radius 1 is 1.33 bits per heavy atom. The standard InChI is InChI=1S/C12H13IO2/c13-10-4-1-8(2-5-10)7-9-3-6-11(9)12(14)15/h1-2,4-5,9,11H,3,6-7H2,(H,14,15). The molecule has 0 saturated heterocycles. The van der Waals surface area contributed by atoms with Gasteiger partial charge in [-0.3, -0.25) is 4.79 Å². The maximum Gasteiger partial charge on any atom is 0.306 e.